The number of benzene rings is 2. The van der Waals surface area contributed by atoms with Crippen LogP contribution in [0.25, 0.3) is 0 Å². The number of likely N-dealkylation sites (N-methyl/N-ethyl adjacent to an activating group) is 2. The number of hydrogen-bond acceptors (Lipinski definition) is 4. The number of carbonyl (C=O) groups excluding carboxylic acids is 2. The molecule has 7 heteroatoms. The summed E-state index contributed by atoms with van der Waals surface area (Å²) in [6, 6.07) is 19.8. The van der Waals surface area contributed by atoms with Crippen molar-refractivity contribution < 1.29 is 14.2 Å². The Morgan fingerprint density at radius 1 is 0.879 bits per heavy atom. The lowest BCUT2D eigenvalue weighted by molar-refractivity contribution is -0.542. The average molecular weight is 447 g/mol. The Labute approximate surface area is 195 Å². The number of hydrogen-bond donors (Lipinski definition) is 0. The Morgan fingerprint density at radius 2 is 1.42 bits per heavy atom. The fourth-order valence-electron chi connectivity index (χ4n) is 4.43. The summed E-state index contributed by atoms with van der Waals surface area (Å²) in [5.41, 5.74) is 2.44. The summed E-state index contributed by atoms with van der Waals surface area (Å²) in [6.45, 7) is 7.05. The summed E-state index contributed by atoms with van der Waals surface area (Å²) in [5, 5.41) is 0. The molecule has 33 heavy (non-hydrogen) atoms. The van der Waals surface area contributed by atoms with E-state index in [1.165, 1.54) is 20.9 Å². The minimum Gasteiger partial charge on any atom is -0.284 e. The molecular weight excluding hydrogens is 414 g/mol. The highest BCUT2D eigenvalue weighted by Gasteiger charge is 2.53. The van der Waals surface area contributed by atoms with Crippen LogP contribution in [-0.4, -0.2) is 76.1 Å². The van der Waals surface area contributed by atoms with Gasteiger partial charge in [0.25, 0.3) is 17.8 Å². The Kier molecular flexibility index (Phi) is 6.70. The van der Waals surface area contributed by atoms with E-state index in [0.29, 0.717) is 24.8 Å². The standard InChI is InChI=1S/C26H32N5O2/c1-19(2)15-31-22(27-24-23(31)25(32)29(4)26(33)28(24)3)18-30(16-20-11-7-5-8-12-20)17-21-13-9-6-10-14-21/h5-14,19,23H,15-18H2,1-4H3/q+1. The van der Waals surface area contributed by atoms with E-state index in [0.717, 1.165) is 18.9 Å². The van der Waals surface area contributed by atoms with Crippen molar-refractivity contribution in [3.8, 4) is 0 Å². The molecule has 2 aromatic carbocycles. The summed E-state index contributed by atoms with van der Waals surface area (Å²) in [5.74, 6) is 1.48. The topological polar surface area (TPSA) is 59.2 Å². The van der Waals surface area contributed by atoms with Crippen LogP contribution in [0, 0.1) is 5.92 Å². The first-order valence-electron chi connectivity index (χ1n) is 11.4. The summed E-state index contributed by atoms with van der Waals surface area (Å²) in [7, 11) is 3.24. The molecule has 0 radical (unpaired) electrons. The average Bonchev–Trinajstić information content (AvgIpc) is 3.15. The van der Waals surface area contributed by atoms with Crippen LogP contribution in [-0.2, 0) is 17.9 Å². The lowest BCUT2D eigenvalue weighted by atomic mass is 10.1. The van der Waals surface area contributed by atoms with Crippen LogP contribution in [0.5, 0.6) is 0 Å². The number of fused-ring (bicyclic) bond motifs is 1. The molecule has 0 bridgehead atoms. The van der Waals surface area contributed by atoms with Crippen molar-refractivity contribution >= 4 is 23.6 Å². The molecule has 0 N–H and O–H groups in total. The fraction of sp³-hybridized carbons (Fsp3) is 0.385. The number of rotatable bonds is 8. The third-order valence-corrected chi connectivity index (χ3v) is 6.04. The van der Waals surface area contributed by atoms with Gasteiger partial charge in [-0.2, -0.15) is 0 Å². The molecule has 2 aliphatic heterocycles. The van der Waals surface area contributed by atoms with Crippen molar-refractivity contribution in [2.24, 2.45) is 10.9 Å². The third kappa shape index (κ3) is 4.88. The van der Waals surface area contributed by atoms with Gasteiger partial charge in [0.05, 0.1) is 6.54 Å². The van der Waals surface area contributed by atoms with Gasteiger partial charge in [-0.1, -0.05) is 74.5 Å². The number of imide groups is 1. The number of amides is 3. The van der Waals surface area contributed by atoms with Crippen molar-refractivity contribution in [2.45, 2.75) is 33.0 Å². The monoisotopic (exact) mass is 446 g/mol. The van der Waals surface area contributed by atoms with Crippen molar-refractivity contribution in [3.05, 3.63) is 71.8 Å². The van der Waals surface area contributed by atoms with Crippen molar-refractivity contribution in [1.82, 2.24) is 14.7 Å². The van der Waals surface area contributed by atoms with Gasteiger partial charge in [-0.3, -0.25) is 19.5 Å². The van der Waals surface area contributed by atoms with E-state index in [1.54, 1.807) is 14.1 Å². The van der Waals surface area contributed by atoms with Crippen LogP contribution in [0.3, 0.4) is 0 Å². The minimum atomic E-state index is -0.551. The van der Waals surface area contributed by atoms with E-state index in [1.807, 2.05) is 36.4 Å². The van der Waals surface area contributed by atoms with Gasteiger partial charge in [-0.05, 0) is 22.0 Å². The van der Waals surface area contributed by atoms with Gasteiger partial charge in [0.1, 0.15) is 6.54 Å². The lowest BCUT2D eigenvalue weighted by Gasteiger charge is -2.31. The highest BCUT2D eigenvalue weighted by atomic mass is 16.2. The highest BCUT2D eigenvalue weighted by molar-refractivity contribution is 6.23. The van der Waals surface area contributed by atoms with E-state index in [2.05, 4.69) is 47.6 Å². The molecular formula is C26H32N5O2+. The minimum absolute atomic E-state index is 0.217. The summed E-state index contributed by atoms with van der Waals surface area (Å²) < 4.78 is 2.09. The second kappa shape index (κ2) is 9.67. The van der Waals surface area contributed by atoms with E-state index in [4.69, 9.17) is 4.99 Å². The van der Waals surface area contributed by atoms with Gasteiger partial charge >= 0.3 is 11.9 Å². The Balaban J connectivity index is 1.69. The maximum absolute atomic E-state index is 13.1. The van der Waals surface area contributed by atoms with E-state index in [9.17, 15) is 9.59 Å². The van der Waals surface area contributed by atoms with Gasteiger partial charge < -0.3 is 0 Å². The largest absolute Gasteiger partial charge is 0.333 e. The van der Waals surface area contributed by atoms with Gasteiger partial charge in [0, 0.05) is 27.2 Å². The van der Waals surface area contributed by atoms with Crippen LogP contribution in [0.4, 0.5) is 4.79 Å². The predicted molar refractivity (Wildman–Crippen MR) is 129 cm³/mol. The first kappa shape index (κ1) is 22.9. The zero-order chi connectivity index (χ0) is 23.5. The summed E-state index contributed by atoms with van der Waals surface area (Å²) in [4.78, 5) is 35.5. The van der Waals surface area contributed by atoms with Crippen LogP contribution < -0.4 is 0 Å². The van der Waals surface area contributed by atoms with Crippen LogP contribution in [0.15, 0.2) is 65.7 Å². The molecule has 0 spiro atoms. The maximum Gasteiger partial charge on any atom is 0.333 e. The van der Waals surface area contributed by atoms with E-state index in [-0.39, 0.29) is 11.9 Å². The summed E-state index contributed by atoms with van der Waals surface area (Å²) in [6.07, 6.45) is 0. The molecule has 2 aromatic rings. The fourth-order valence-corrected chi connectivity index (χ4v) is 4.43. The lowest BCUT2D eigenvalue weighted by Crippen LogP contribution is -2.61. The van der Waals surface area contributed by atoms with Crippen molar-refractivity contribution in [1.29, 1.82) is 0 Å². The van der Waals surface area contributed by atoms with Gasteiger partial charge in [-0.25, -0.2) is 9.37 Å². The molecule has 1 atom stereocenters. The van der Waals surface area contributed by atoms with Crippen LogP contribution in [0.1, 0.15) is 25.0 Å². The number of urea groups is 1. The normalized spacial score (nSPS) is 18.5. The molecule has 2 heterocycles. The van der Waals surface area contributed by atoms with Crippen LogP contribution in [0.2, 0.25) is 0 Å². The smallest absolute Gasteiger partial charge is 0.284 e. The van der Waals surface area contributed by atoms with Gasteiger partial charge in [0.15, 0.2) is 0 Å². The van der Waals surface area contributed by atoms with Crippen molar-refractivity contribution in [2.75, 3.05) is 27.2 Å². The maximum atomic E-state index is 13.1. The molecule has 0 saturated carbocycles. The van der Waals surface area contributed by atoms with E-state index < -0.39 is 6.04 Å². The third-order valence-electron chi connectivity index (χ3n) is 6.04. The molecule has 7 nitrogen and oxygen atoms in total. The highest BCUT2D eigenvalue weighted by Crippen LogP contribution is 2.21. The Morgan fingerprint density at radius 3 is 1.94 bits per heavy atom. The zero-order valence-electron chi connectivity index (χ0n) is 19.8. The zero-order valence-corrected chi connectivity index (χ0v) is 19.8. The van der Waals surface area contributed by atoms with Crippen molar-refractivity contribution in [3.63, 3.8) is 0 Å². The van der Waals surface area contributed by atoms with Crippen LogP contribution >= 0.6 is 0 Å². The quantitative estimate of drug-likeness (QED) is 0.586. The Bertz CT molecular complexity index is 1040. The second-order valence-electron chi connectivity index (χ2n) is 9.19. The molecule has 0 aromatic heterocycles. The van der Waals surface area contributed by atoms with E-state index >= 15 is 0 Å². The molecule has 0 aliphatic carbocycles. The molecule has 2 aliphatic rings. The first-order chi connectivity index (χ1) is 15.8. The van der Waals surface area contributed by atoms with Gasteiger partial charge in [-0.15, -0.1) is 0 Å². The molecule has 4 rings (SSSR count). The molecule has 1 unspecified atom stereocenters. The molecule has 1 fully saturated rings. The Hall–Kier alpha value is -3.32. The van der Waals surface area contributed by atoms with Gasteiger partial charge in [0.2, 0.25) is 0 Å². The second-order valence-corrected chi connectivity index (χ2v) is 9.19. The predicted octanol–water partition coefficient (Wildman–Crippen LogP) is 3.06. The molecule has 1 saturated heterocycles. The summed E-state index contributed by atoms with van der Waals surface area (Å²) >= 11 is 0. The molecule has 172 valence electrons. The SMILES string of the molecule is CC(C)C[N+]1=C(CN(Cc2ccccc2)Cc2ccccc2)N=C2C1C(=O)N(C)C(=O)N2C. The number of carbonyl (C=O) groups is 2. The number of nitrogens with zero attached hydrogens (tertiary/aromatic N) is 5. The number of amidine groups is 2. The first-order valence-corrected chi connectivity index (χ1v) is 11.4. The molecule has 3 amide bonds. The number of aliphatic imine (C=N–C) groups is 1.